The van der Waals surface area contributed by atoms with Crippen LogP contribution in [0.15, 0.2) is 42.6 Å². The van der Waals surface area contributed by atoms with Crippen LogP contribution >= 0.6 is 11.6 Å². The molecule has 0 aliphatic rings. The van der Waals surface area contributed by atoms with E-state index < -0.39 is 17.7 Å². The molecule has 28 heavy (non-hydrogen) atoms. The first-order valence-corrected chi connectivity index (χ1v) is 8.38. The topological polar surface area (TPSA) is 71.5 Å². The molecule has 0 atom stereocenters. The number of rotatable bonds is 5. The van der Waals surface area contributed by atoms with E-state index in [1.54, 1.807) is 18.2 Å². The second kappa shape index (κ2) is 7.55. The number of fused-ring (bicyclic) bond motifs is 1. The third-order valence-corrected chi connectivity index (χ3v) is 4.41. The van der Waals surface area contributed by atoms with Gasteiger partial charge in [0.05, 0.1) is 28.9 Å². The standard InChI is InChI=1S/C19H14ClF3N2O3/c1-28-16-5-2-10(6-14(16)20)8-25-17-12-4-3-11(19(21,22)23)7-15(12)24-9-13(17)18(26)27/h2-7,9H,8H2,1H3,(H,24,25)(H,26,27). The lowest BCUT2D eigenvalue weighted by Gasteiger charge is -2.14. The summed E-state index contributed by atoms with van der Waals surface area (Å²) in [5.41, 5.74) is -0.0532. The maximum Gasteiger partial charge on any atom is 0.416 e. The number of carboxylic acid groups (broad SMARTS) is 1. The molecule has 0 spiro atoms. The van der Waals surface area contributed by atoms with Gasteiger partial charge in [0.2, 0.25) is 0 Å². The Morgan fingerprint density at radius 1 is 1.25 bits per heavy atom. The Hall–Kier alpha value is -3.00. The van der Waals surface area contributed by atoms with Gasteiger partial charge in [0.15, 0.2) is 0 Å². The monoisotopic (exact) mass is 410 g/mol. The summed E-state index contributed by atoms with van der Waals surface area (Å²) in [5, 5.41) is 13.1. The fourth-order valence-corrected chi connectivity index (χ4v) is 3.01. The number of hydrogen-bond acceptors (Lipinski definition) is 4. The number of anilines is 1. The van der Waals surface area contributed by atoms with Crippen molar-refractivity contribution in [3.05, 3.63) is 64.3 Å². The van der Waals surface area contributed by atoms with E-state index >= 15 is 0 Å². The Morgan fingerprint density at radius 3 is 2.61 bits per heavy atom. The lowest BCUT2D eigenvalue weighted by molar-refractivity contribution is -0.137. The number of nitrogens with one attached hydrogen (secondary N) is 1. The van der Waals surface area contributed by atoms with Gasteiger partial charge in [-0.1, -0.05) is 23.7 Å². The lowest BCUT2D eigenvalue weighted by atomic mass is 10.1. The van der Waals surface area contributed by atoms with E-state index in [0.29, 0.717) is 10.8 Å². The van der Waals surface area contributed by atoms with Crippen molar-refractivity contribution in [2.75, 3.05) is 12.4 Å². The van der Waals surface area contributed by atoms with Gasteiger partial charge in [-0.15, -0.1) is 0 Å². The van der Waals surface area contributed by atoms with E-state index in [9.17, 15) is 23.1 Å². The van der Waals surface area contributed by atoms with Crippen LogP contribution in [0.25, 0.3) is 10.9 Å². The number of methoxy groups -OCH3 is 1. The van der Waals surface area contributed by atoms with E-state index in [4.69, 9.17) is 16.3 Å². The zero-order chi connectivity index (χ0) is 20.5. The van der Waals surface area contributed by atoms with Crippen molar-refractivity contribution >= 4 is 34.2 Å². The van der Waals surface area contributed by atoms with Gasteiger partial charge in [0.25, 0.3) is 0 Å². The van der Waals surface area contributed by atoms with Crippen LogP contribution < -0.4 is 10.1 Å². The molecule has 5 nitrogen and oxygen atoms in total. The van der Waals surface area contributed by atoms with Crippen molar-refractivity contribution in [1.29, 1.82) is 0 Å². The van der Waals surface area contributed by atoms with Crippen molar-refractivity contribution in [3.63, 3.8) is 0 Å². The summed E-state index contributed by atoms with van der Waals surface area (Å²) in [6.07, 6.45) is -3.48. The number of benzene rings is 2. The summed E-state index contributed by atoms with van der Waals surface area (Å²) < 4.78 is 43.9. The minimum atomic E-state index is -4.52. The number of pyridine rings is 1. The number of ether oxygens (including phenoxy) is 1. The summed E-state index contributed by atoms with van der Waals surface area (Å²) >= 11 is 6.08. The first kappa shape index (κ1) is 19.8. The zero-order valence-electron chi connectivity index (χ0n) is 14.5. The summed E-state index contributed by atoms with van der Waals surface area (Å²) in [4.78, 5) is 15.4. The van der Waals surface area contributed by atoms with Gasteiger partial charge in [-0.2, -0.15) is 13.2 Å². The number of hydrogen-bond donors (Lipinski definition) is 2. The highest BCUT2D eigenvalue weighted by atomic mass is 35.5. The van der Waals surface area contributed by atoms with E-state index in [1.807, 2.05) is 0 Å². The summed E-state index contributed by atoms with van der Waals surface area (Å²) in [6.45, 7) is 0.199. The molecule has 146 valence electrons. The minimum Gasteiger partial charge on any atom is -0.495 e. The normalized spacial score (nSPS) is 11.5. The molecule has 0 bridgehead atoms. The maximum atomic E-state index is 12.9. The second-order valence-electron chi connectivity index (χ2n) is 5.90. The first-order chi connectivity index (χ1) is 13.2. The molecule has 9 heteroatoms. The maximum absolute atomic E-state index is 12.9. The van der Waals surface area contributed by atoms with E-state index in [2.05, 4.69) is 10.3 Å². The van der Waals surface area contributed by atoms with Crippen molar-refractivity contribution in [2.24, 2.45) is 0 Å². The molecule has 1 heterocycles. The average molecular weight is 411 g/mol. The van der Waals surface area contributed by atoms with Gasteiger partial charge in [-0.25, -0.2) is 4.79 Å². The summed E-state index contributed by atoms with van der Waals surface area (Å²) in [5.74, 6) is -0.754. The number of nitrogens with zero attached hydrogens (tertiary/aromatic N) is 1. The third-order valence-electron chi connectivity index (χ3n) is 4.11. The van der Waals surface area contributed by atoms with Crippen LogP contribution in [0.3, 0.4) is 0 Å². The number of aromatic nitrogens is 1. The SMILES string of the molecule is COc1ccc(CNc2c(C(=O)O)cnc3cc(C(F)(F)F)ccc23)cc1Cl. The highest BCUT2D eigenvalue weighted by molar-refractivity contribution is 6.32. The van der Waals surface area contributed by atoms with Crippen LogP contribution in [0.5, 0.6) is 5.75 Å². The molecule has 0 amide bonds. The molecule has 0 unspecified atom stereocenters. The van der Waals surface area contributed by atoms with Crippen LogP contribution in [-0.4, -0.2) is 23.2 Å². The predicted molar refractivity (Wildman–Crippen MR) is 99.0 cm³/mol. The lowest BCUT2D eigenvalue weighted by Crippen LogP contribution is -2.09. The number of aromatic carboxylic acids is 1. The number of halogens is 4. The van der Waals surface area contributed by atoms with Crippen molar-refractivity contribution in [2.45, 2.75) is 12.7 Å². The molecule has 0 fully saturated rings. The summed E-state index contributed by atoms with van der Waals surface area (Å²) in [7, 11) is 1.48. The highest BCUT2D eigenvalue weighted by Gasteiger charge is 2.31. The van der Waals surface area contributed by atoms with Crippen LogP contribution in [0.2, 0.25) is 5.02 Å². The Labute approximate surface area is 162 Å². The second-order valence-corrected chi connectivity index (χ2v) is 6.31. The van der Waals surface area contributed by atoms with Crippen LogP contribution in [-0.2, 0) is 12.7 Å². The van der Waals surface area contributed by atoms with Crippen LogP contribution in [0.1, 0.15) is 21.5 Å². The Kier molecular flexibility index (Phi) is 5.33. The largest absolute Gasteiger partial charge is 0.495 e. The molecular formula is C19H14ClF3N2O3. The molecule has 3 aromatic rings. The van der Waals surface area contributed by atoms with Gasteiger partial charge in [-0.05, 0) is 29.8 Å². The molecular weight excluding hydrogens is 397 g/mol. The Balaban J connectivity index is 2.01. The number of alkyl halides is 3. The number of carboxylic acids is 1. The van der Waals surface area contributed by atoms with E-state index in [1.165, 1.54) is 13.2 Å². The quantitative estimate of drug-likeness (QED) is 0.603. The molecule has 0 saturated carbocycles. The first-order valence-electron chi connectivity index (χ1n) is 8.00. The smallest absolute Gasteiger partial charge is 0.416 e. The molecule has 0 radical (unpaired) electrons. The number of carbonyl (C=O) groups is 1. The molecule has 0 aliphatic carbocycles. The summed E-state index contributed by atoms with van der Waals surface area (Å²) in [6, 6.07) is 8.04. The molecule has 0 aliphatic heterocycles. The van der Waals surface area contributed by atoms with Gasteiger partial charge in [0.1, 0.15) is 11.3 Å². The predicted octanol–water partition coefficient (Wildman–Crippen LogP) is 5.23. The average Bonchev–Trinajstić information content (AvgIpc) is 2.64. The Bertz CT molecular complexity index is 1050. The van der Waals surface area contributed by atoms with Gasteiger partial charge >= 0.3 is 12.1 Å². The fourth-order valence-electron chi connectivity index (χ4n) is 2.73. The van der Waals surface area contributed by atoms with Gasteiger partial charge in [0, 0.05) is 18.1 Å². The van der Waals surface area contributed by atoms with Gasteiger partial charge in [-0.3, -0.25) is 4.98 Å². The third kappa shape index (κ3) is 3.96. The van der Waals surface area contributed by atoms with Crippen molar-refractivity contribution in [1.82, 2.24) is 4.98 Å². The molecule has 0 saturated heterocycles. The van der Waals surface area contributed by atoms with Crippen molar-refractivity contribution in [3.8, 4) is 5.75 Å². The minimum absolute atomic E-state index is 0.0371. The molecule has 2 aromatic carbocycles. The zero-order valence-corrected chi connectivity index (χ0v) is 15.2. The van der Waals surface area contributed by atoms with E-state index in [0.717, 1.165) is 23.9 Å². The van der Waals surface area contributed by atoms with Gasteiger partial charge < -0.3 is 15.2 Å². The van der Waals surface area contributed by atoms with Crippen LogP contribution in [0.4, 0.5) is 18.9 Å². The fraction of sp³-hybridized carbons (Fsp3) is 0.158. The van der Waals surface area contributed by atoms with E-state index in [-0.39, 0.29) is 28.7 Å². The van der Waals surface area contributed by atoms with Crippen LogP contribution in [0, 0.1) is 0 Å². The highest BCUT2D eigenvalue weighted by Crippen LogP contribution is 2.34. The molecule has 2 N–H and O–H groups in total. The van der Waals surface area contributed by atoms with Crippen molar-refractivity contribution < 1.29 is 27.8 Å². The molecule has 3 rings (SSSR count). The molecule has 1 aromatic heterocycles. The Morgan fingerprint density at radius 2 is 2.00 bits per heavy atom.